The molecule has 0 bridgehead atoms. The van der Waals surface area contributed by atoms with Crippen LogP contribution in [-0.4, -0.2) is 37.6 Å². The van der Waals surface area contributed by atoms with E-state index in [9.17, 15) is 14.4 Å². The quantitative estimate of drug-likeness (QED) is 0.545. The molecule has 1 N–H and O–H groups in total. The van der Waals surface area contributed by atoms with E-state index in [1.807, 2.05) is 11.4 Å². The van der Waals surface area contributed by atoms with E-state index >= 15 is 0 Å². The summed E-state index contributed by atoms with van der Waals surface area (Å²) in [7, 11) is 1.56. The Kier molecular flexibility index (Phi) is 4.62. The van der Waals surface area contributed by atoms with Crippen molar-refractivity contribution < 1.29 is 9.21 Å². The van der Waals surface area contributed by atoms with Crippen molar-refractivity contribution in [2.24, 2.45) is 0 Å². The Bertz CT molecular complexity index is 1250. The molecule has 0 fully saturated rings. The minimum Gasteiger partial charge on any atom is -0.387 e. The highest BCUT2D eigenvalue weighted by Crippen LogP contribution is 2.21. The number of rotatable bonds is 5. The van der Waals surface area contributed by atoms with Crippen LogP contribution in [0.25, 0.3) is 21.7 Å². The highest BCUT2D eigenvalue weighted by Gasteiger charge is 2.17. The lowest BCUT2D eigenvalue weighted by molar-refractivity contribution is -0.131. The van der Waals surface area contributed by atoms with Crippen molar-refractivity contribution >= 4 is 28.1 Å². The number of H-pyrrole nitrogens is 1. The van der Waals surface area contributed by atoms with E-state index in [0.717, 1.165) is 4.68 Å². The molecule has 4 rings (SSSR count). The maximum Gasteiger partial charge on any atom is 0.437 e. The fraction of sp³-hybridized carbons (Fsp3) is 0.167. The molecule has 1 aromatic carbocycles. The lowest BCUT2D eigenvalue weighted by Gasteiger charge is -2.16. The maximum atomic E-state index is 12.5. The van der Waals surface area contributed by atoms with Crippen molar-refractivity contribution in [3.8, 4) is 10.8 Å². The van der Waals surface area contributed by atoms with E-state index < -0.39 is 5.76 Å². The number of aromatic nitrogens is 4. The van der Waals surface area contributed by atoms with Gasteiger partial charge in [0.05, 0.1) is 22.3 Å². The maximum absolute atomic E-state index is 12.5. The number of likely N-dealkylation sites (N-methyl/N-ethyl adjacent to an activating group) is 1. The van der Waals surface area contributed by atoms with E-state index in [0.29, 0.717) is 21.6 Å². The van der Waals surface area contributed by atoms with Gasteiger partial charge in [-0.05, 0) is 23.6 Å². The Morgan fingerprint density at radius 1 is 1.25 bits per heavy atom. The fourth-order valence-electron chi connectivity index (χ4n) is 2.68. The molecular weight excluding hydrogens is 382 g/mol. The number of para-hydroxylation sites is 1. The molecule has 1 amide bonds. The van der Waals surface area contributed by atoms with E-state index in [1.54, 1.807) is 37.4 Å². The largest absolute Gasteiger partial charge is 0.437 e. The molecule has 10 heteroatoms. The summed E-state index contributed by atoms with van der Waals surface area (Å²) >= 11 is 1.38. The second kappa shape index (κ2) is 7.24. The molecular formula is C18H15N5O4S. The minimum absolute atomic E-state index is 0.0866. The molecule has 0 saturated carbocycles. The molecule has 4 aromatic rings. The average molecular weight is 397 g/mol. The van der Waals surface area contributed by atoms with Gasteiger partial charge in [0.15, 0.2) is 0 Å². The first-order chi connectivity index (χ1) is 13.5. The Morgan fingerprint density at radius 3 is 2.86 bits per heavy atom. The van der Waals surface area contributed by atoms with Crippen LogP contribution in [0.15, 0.2) is 55.8 Å². The Balaban J connectivity index is 1.50. The predicted octanol–water partition coefficient (Wildman–Crippen LogP) is 1.46. The molecule has 0 radical (unpaired) electrons. The van der Waals surface area contributed by atoms with Crippen LogP contribution in [0.5, 0.6) is 0 Å². The molecule has 0 saturated heterocycles. The Labute approximate surface area is 161 Å². The summed E-state index contributed by atoms with van der Waals surface area (Å²) < 4.78 is 6.07. The zero-order valence-corrected chi connectivity index (χ0v) is 15.6. The summed E-state index contributed by atoms with van der Waals surface area (Å²) in [6.07, 6.45) is 0. The first-order valence-corrected chi connectivity index (χ1v) is 9.23. The number of carbonyl (C=O) groups excluding carboxylic acids is 1. The molecule has 142 valence electrons. The van der Waals surface area contributed by atoms with E-state index in [1.165, 1.54) is 16.2 Å². The standard InChI is InChI=1S/C18H15N5O4S/c1-22(9-14-19-12-6-3-2-5-11(12)16(25)20-14)15(24)10-23-18(26)27-17(21-23)13-7-4-8-28-13/h2-8H,9-10H2,1H3,(H,19,20,25). The zero-order valence-electron chi connectivity index (χ0n) is 14.8. The van der Waals surface area contributed by atoms with Gasteiger partial charge in [-0.25, -0.2) is 9.78 Å². The molecule has 3 aromatic heterocycles. The van der Waals surface area contributed by atoms with Crippen molar-refractivity contribution in [2.45, 2.75) is 13.1 Å². The highest BCUT2D eigenvalue weighted by molar-refractivity contribution is 7.13. The van der Waals surface area contributed by atoms with Crippen LogP contribution in [0.1, 0.15) is 5.82 Å². The van der Waals surface area contributed by atoms with Crippen LogP contribution in [0.4, 0.5) is 0 Å². The van der Waals surface area contributed by atoms with Gasteiger partial charge >= 0.3 is 5.76 Å². The third-order valence-electron chi connectivity index (χ3n) is 4.10. The normalized spacial score (nSPS) is 11.0. The van der Waals surface area contributed by atoms with Crippen LogP contribution >= 0.6 is 11.3 Å². The number of amides is 1. The van der Waals surface area contributed by atoms with Crippen LogP contribution < -0.4 is 11.3 Å². The average Bonchev–Trinajstić information content (AvgIpc) is 3.32. The fourth-order valence-corrected chi connectivity index (χ4v) is 3.32. The lowest BCUT2D eigenvalue weighted by atomic mass is 10.2. The van der Waals surface area contributed by atoms with Crippen molar-refractivity contribution in [3.05, 3.63) is 68.5 Å². The smallest absolute Gasteiger partial charge is 0.387 e. The predicted molar refractivity (Wildman–Crippen MR) is 103 cm³/mol. The number of hydrogen-bond acceptors (Lipinski definition) is 7. The first-order valence-electron chi connectivity index (χ1n) is 8.35. The SMILES string of the molecule is CN(Cc1nc2ccccc2c(=O)[nH]1)C(=O)Cn1nc(-c2cccs2)oc1=O. The molecule has 0 aliphatic heterocycles. The number of benzene rings is 1. The van der Waals surface area contributed by atoms with Crippen molar-refractivity contribution in [1.82, 2.24) is 24.6 Å². The summed E-state index contributed by atoms with van der Waals surface area (Å²) in [4.78, 5) is 45.7. The van der Waals surface area contributed by atoms with E-state index in [2.05, 4.69) is 15.1 Å². The molecule has 0 aliphatic rings. The van der Waals surface area contributed by atoms with Crippen molar-refractivity contribution in [2.75, 3.05) is 7.05 Å². The monoisotopic (exact) mass is 397 g/mol. The molecule has 0 aliphatic carbocycles. The first kappa shape index (κ1) is 17.9. The zero-order chi connectivity index (χ0) is 19.7. The third kappa shape index (κ3) is 3.49. The number of fused-ring (bicyclic) bond motifs is 1. The van der Waals surface area contributed by atoms with Gasteiger partial charge in [-0.3, -0.25) is 9.59 Å². The molecule has 0 atom stereocenters. The van der Waals surface area contributed by atoms with Crippen LogP contribution in [0, 0.1) is 0 Å². The van der Waals surface area contributed by atoms with Gasteiger partial charge in [0.1, 0.15) is 12.4 Å². The summed E-state index contributed by atoms with van der Waals surface area (Å²) in [5.74, 6) is -0.548. The number of nitrogens with one attached hydrogen (secondary N) is 1. The molecule has 0 spiro atoms. The van der Waals surface area contributed by atoms with Gasteiger partial charge in [0.25, 0.3) is 11.4 Å². The van der Waals surface area contributed by atoms with Crippen LogP contribution in [0.3, 0.4) is 0 Å². The van der Waals surface area contributed by atoms with Gasteiger partial charge in [0.2, 0.25) is 5.91 Å². The van der Waals surface area contributed by atoms with Crippen LogP contribution in [-0.2, 0) is 17.9 Å². The van der Waals surface area contributed by atoms with E-state index in [-0.39, 0.29) is 30.4 Å². The number of aromatic amines is 1. The van der Waals surface area contributed by atoms with Gasteiger partial charge < -0.3 is 14.3 Å². The molecule has 3 heterocycles. The van der Waals surface area contributed by atoms with Crippen molar-refractivity contribution in [1.29, 1.82) is 0 Å². The molecule has 28 heavy (non-hydrogen) atoms. The summed E-state index contributed by atoms with van der Waals surface area (Å²) in [6.45, 7) is -0.189. The summed E-state index contributed by atoms with van der Waals surface area (Å²) in [5.41, 5.74) is 0.283. The highest BCUT2D eigenvalue weighted by atomic mass is 32.1. The number of hydrogen-bond donors (Lipinski definition) is 1. The van der Waals surface area contributed by atoms with E-state index in [4.69, 9.17) is 4.42 Å². The number of nitrogens with zero attached hydrogens (tertiary/aromatic N) is 4. The molecule has 0 unspecified atom stereocenters. The molecule has 9 nitrogen and oxygen atoms in total. The van der Waals surface area contributed by atoms with Gasteiger partial charge in [-0.15, -0.1) is 16.4 Å². The van der Waals surface area contributed by atoms with Gasteiger partial charge in [-0.2, -0.15) is 4.68 Å². The summed E-state index contributed by atoms with van der Waals surface area (Å²) in [5, 5.41) is 6.38. The van der Waals surface area contributed by atoms with Gasteiger partial charge in [0, 0.05) is 7.05 Å². The Hall–Kier alpha value is -3.53. The lowest BCUT2D eigenvalue weighted by Crippen LogP contribution is -2.34. The topological polar surface area (TPSA) is 114 Å². The third-order valence-corrected chi connectivity index (χ3v) is 4.96. The number of thiophene rings is 1. The van der Waals surface area contributed by atoms with Crippen LogP contribution in [0.2, 0.25) is 0 Å². The van der Waals surface area contributed by atoms with Gasteiger partial charge in [-0.1, -0.05) is 18.2 Å². The second-order valence-corrected chi connectivity index (χ2v) is 7.04. The Morgan fingerprint density at radius 2 is 2.07 bits per heavy atom. The number of carbonyl (C=O) groups is 1. The second-order valence-electron chi connectivity index (χ2n) is 6.09. The van der Waals surface area contributed by atoms with Crippen molar-refractivity contribution in [3.63, 3.8) is 0 Å². The minimum atomic E-state index is -0.706. The summed E-state index contributed by atoms with van der Waals surface area (Å²) in [6, 6.07) is 10.6.